The third-order valence-electron chi connectivity index (χ3n) is 3.33. The van der Waals surface area contributed by atoms with Crippen molar-refractivity contribution in [1.82, 2.24) is 0 Å². The quantitative estimate of drug-likeness (QED) is 0.758. The van der Waals surface area contributed by atoms with Crippen LogP contribution in [-0.2, 0) is 15.7 Å². The standard InChI is InChI=1S/C15H15F3O3/c1-20-14(19)21-13-5-3-2-4-12(13)10-6-8-11(9-7-10)15(16,17)18/h4,6-9,13H,2-3,5H2,1H3. The second-order valence-electron chi connectivity index (χ2n) is 4.73. The van der Waals surface area contributed by atoms with E-state index in [0.29, 0.717) is 12.0 Å². The summed E-state index contributed by atoms with van der Waals surface area (Å²) in [5.74, 6) is 0. The number of carbonyl (C=O) groups is 1. The van der Waals surface area contributed by atoms with Crippen molar-refractivity contribution >= 4 is 11.7 Å². The fourth-order valence-corrected chi connectivity index (χ4v) is 2.29. The van der Waals surface area contributed by atoms with E-state index in [1.54, 1.807) is 0 Å². The molecular weight excluding hydrogens is 285 g/mol. The van der Waals surface area contributed by atoms with Crippen LogP contribution in [0.4, 0.5) is 18.0 Å². The Labute approximate surface area is 120 Å². The number of allylic oxidation sites excluding steroid dienone is 1. The molecule has 0 saturated carbocycles. The van der Waals surface area contributed by atoms with Crippen LogP contribution < -0.4 is 0 Å². The monoisotopic (exact) mass is 300 g/mol. The number of hydrogen-bond donors (Lipinski definition) is 0. The highest BCUT2D eigenvalue weighted by Gasteiger charge is 2.30. The molecule has 1 aromatic carbocycles. The molecular formula is C15H15F3O3. The van der Waals surface area contributed by atoms with Gasteiger partial charge in [0.05, 0.1) is 12.7 Å². The minimum atomic E-state index is -4.36. The Morgan fingerprint density at radius 3 is 2.48 bits per heavy atom. The Kier molecular flexibility index (Phi) is 4.55. The number of halogens is 3. The van der Waals surface area contributed by atoms with Gasteiger partial charge in [-0.05, 0) is 42.5 Å². The van der Waals surface area contributed by atoms with Crippen molar-refractivity contribution in [2.75, 3.05) is 7.11 Å². The molecule has 1 unspecified atom stereocenters. The lowest BCUT2D eigenvalue weighted by Gasteiger charge is -2.24. The molecule has 0 fully saturated rings. The average molecular weight is 300 g/mol. The number of methoxy groups -OCH3 is 1. The summed E-state index contributed by atoms with van der Waals surface area (Å²) in [5.41, 5.74) is 0.644. The summed E-state index contributed by atoms with van der Waals surface area (Å²) in [6.45, 7) is 0. The molecule has 0 aromatic heterocycles. The van der Waals surface area contributed by atoms with Gasteiger partial charge >= 0.3 is 12.3 Å². The lowest BCUT2D eigenvalue weighted by Crippen LogP contribution is -2.22. The molecule has 1 aliphatic carbocycles. The van der Waals surface area contributed by atoms with Crippen LogP contribution in [0.25, 0.3) is 5.57 Å². The van der Waals surface area contributed by atoms with Crippen LogP contribution in [0.3, 0.4) is 0 Å². The van der Waals surface area contributed by atoms with E-state index in [0.717, 1.165) is 30.5 Å². The Balaban J connectivity index is 2.22. The normalized spacial score (nSPS) is 18.9. The molecule has 0 aliphatic heterocycles. The van der Waals surface area contributed by atoms with Gasteiger partial charge in [0.25, 0.3) is 0 Å². The fourth-order valence-electron chi connectivity index (χ4n) is 2.29. The molecule has 21 heavy (non-hydrogen) atoms. The molecule has 2 rings (SSSR count). The highest BCUT2D eigenvalue weighted by molar-refractivity contribution is 5.72. The van der Waals surface area contributed by atoms with E-state index < -0.39 is 24.0 Å². The maximum absolute atomic E-state index is 12.6. The molecule has 1 aliphatic rings. The summed E-state index contributed by atoms with van der Waals surface area (Å²) in [5, 5.41) is 0. The van der Waals surface area contributed by atoms with Crippen LogP contribution >= 0.6 is 0 Å². The topological polar surface area (TPSA) is 35.5 Å². The van der Waals surface area contributed by atoms with Crippen molar-refractivity contribution < 1.29 is 27.4 Å². The average Bonchev–Trinajstić information content (AvgIpc) is 2.47. The molecule has 0 spiro atoms. The lowest BCUT2D eigenvalue weighted by atomic mass is 9.90. The van der Waals surface area contributed by atoms with Crippen molar-refractivity contribution in [2.24, 2.45) is 0 Å². The molecule has 114 valence electrons. The summed E-state index contributed by atoms with van der Waals surface area (Å²) in [6, 6.07) is 4.85. The molecule has 1 aromatic rings. The smallest absolute Gasteiger partial charge is 0.438 e. The summed E-state index contributed by atoms with van der Waals surface area (Å²) in [7, 11) is 1.21. The first-order valence-electron chi connectivity index (χ1n) is 6.54. The molecule has 0 bridgehead atoms. The van der Waals surface area contributed by atoms with E-state index in [1.807, 2.05) is 6.08 Å². The Bertz CT molecular complexity index is 532. The summed E-state index contributed by atoms with van der Waals surface area (Å²) >= 11 is 0. The third-order valence-corrected chi connectivity index (χ3v) is 3.33. The Morgan fingerprint density at radius 2 is 1.90 bits per heavy atom. The van der Waals surface area contributed by atoms with E-state index in [1.165, 1.54) is 19.2 Å². The SMILES string of the molecule is COC(=O)OC1CCCC=C1c1ccc(C(F)(F)F)cc1. The number of benzene rings is 1. The fraction of sp³-hybridized carbons (Fsp3) is 0.400. The van der Waals surface area contributed by atoms with E-state index in [4.69, 9.17) is 4.74 Å². The van der Waals surface area contributed by atoms with Crippen molar-refractivity contribution in [3.05, 3.63) is 41.5 Å². The minimum absolute atomic E-state index is 0.483. The Morgan fingerprint density at radius 1 is 1.24 bits per heavy atom. The number of rotatable bonds is 2. The number of alkyl halides is 3. The van der Waals surface area contributed by atoms with Gasteiger partial charge in [-0.3, -0.25) is 0 Å². The minimum Gasteiger partial charge on any atom is -0.438 e. The van der Waals surface area contributed by atoms with Crippen molar-refractivity contribution in [1.29, 1.82) is 0 Å². The molecule has 6 heteroatoms. The zero-order valence-electron chi connectivity index (χ0n) is 11.4. The first-order valence-corrected chi connectivity index (χ1v) is 6.54. The maximum atomic E-state index is 12.6. The van der Waals surface area contributed by atoms with Crippen LogP contribution in [0, 0.1) is 0 Å². The summed E-state index contributed by atoms with van der Waals surface area (Å²) in [4.78, 5) is 11.2. The van der Waals surface area contributed by atoms with Crippen LogP contribution in [0.2, 0.25) is 0 Å². The Hall–Kier alpha value is -1.98. The highest BCUT2D eigenvalue weighted by atomic mass is 19.4. The van der Waals surface area contributed by atoms with Gasteiger partial charge < -0.3 is 9.47 Å². The van der Waals surface area contributed by atoms with E-state index in [9.17, 15) is 18.0 Å². The van der Waals surface area contributed by atoms with Gasteiger partial charge in [-0.15, -0.1) is 0 Å². The predicted molar refractivity (Wildman–Crippen MR) is 70.6 cm³/mol. The van der Waals surface area contributed by atoms with Gasteiger partial charge in [0, 0.05) is 0 Å². The zero-order chi connectivity index (χ0) is 15.5. The van der Waals surface area contributed by atoms with E-state index in [-0.39, 0.29) is 0 Å². The van der Waals surface area contributed by atoms with E-state index in [2.05, 4.69) is 4.74 Å². The summed E-state index contributed by atoms with van der Waals surface area (Å²) < 4.78 is 47.3. The van der Waals surface area contributed by atoms with Crippen molar-refractivity contribution in [3.8, 4) is 0 Å². The first-order chi connectivity index (χ1) is 9.91. The van der Waals surface area contributed by atoms with Gasteiger partial charge in [-0.1, -0.05) is 18.2 Å². The van der Waals surface area contributed by atoms with Crippen LogP contribution in [0.1, 0.15) is 30.4 Å². The second kappa shape index (κ2) is 6.20. The highest BCUT2D eigenvalue weighted by Crippen LogP contribution is 2.33. The van der Waals surface area contributed by atoms with Gasteiger partial charge in [0.2, 0.25) is 0 Å². The molecule has 0 saturated heterocycles. The maximum Gasteiger partial charge on any atom is 0.508 e. The summed E-state index contributed by atoms with van der Waals surface area (Å²) in [6.07, 6.45) is -1.46. The number of ether oxygens (including phenoxy) is 2. The van der Waals surface area contributed by atoms with Crippen LogP contribution in [0.5, 0.6) is 0 Å². The molecule has 1 atom stereocenters. The zero-order valence-corrected chi connectivity index (χ0v) is 11.4. The largest absolute Gasteiger partial charge is 0.508 e. The van der Waals surface area contributed by atoms with E-state index >= 15 is 0 Å². The molecule has 0 heterocycles. The molecule has 3 nitrogen and oxygen atoms in total. The first kappa shape index (κ1) is 15.4. The van der Waals surface area contributed by atoms with Gasteiger partial charge in [-0.2, -0.15) is 13.2 Å². The van der Waals surface area contributed by atoms with Crippen molar-refractivity contribution in [2.45, 2.75) is 31.5 Å². The van der Waals surface area contributed by atoms with Gasteiger partial charge in [-0.25, -0.2) is 4.79 Å². The second-order valence-corrected chi connectivity index (χ2v) is 4.73. The van der Waals surface area contributed by atoms with Gasteiger partial charge in [0.15, 0.2) is 0 Å². The van der Waals surface area contributed by atoms with Gasteiger partial charge in [0.1, 0.15) is 6.10 Å². The van der Waals surface area contributed by atoms with Crippen molar-refractivity contribution in [3.63, 3.8) is 0 Å². The molecule has 0 amide bonds. The predicted octanol–water partition coefficient (Wildman–Crippen LogP) is 4.42. The third kappa shape index (κ3) is 3.77. The lowest BCUT2D eigenvalue weighted by molar-refractivity contribution is -0.137. The van der Waals surface area contributed by atoms with Crippen LogP contribution in [0.15, 0.2) is 30.3 Å². The number of carbonyl (C=O) groups excluding carboxylic acids is 1. The molecule has 0 radical (unpaired) electrons. The molecule has 0 N–H and O–H groups in total. The number of hydrogen-bond acceptors (Lipinski definition) is 3. The van der Waals surface area contributed by atoms with Crippen LogP contribution in [-0.4, -0.2) is 19.4 Å².